The Morgan fingerprint density at radius 2 is 1.77 bits per heavy atom. The first-order valence-corrected chi connectivity index (χ1v) is 13.6. The van der Waals surface area contributed by atoms with Crippen molar-refractivity contribution in [2.75, 3.05) is 14.2 Å². The Morgan fingerprint density at radius 1 is 1.07 bits per heavy atom. The molecule has 0 saturated heterocycles. The van der Waals surface area contributed by atoms with Crippen molar-refractivity contribution in [1.82, 2.24) is 4.90 Å². The molecule has 0 amide bonds. The van der Waals surface area contributed by atoms with Gasteiger partial charge in [0.05, 0.1) is 24.2 Å². The van der Waals surface area contributed by atoms with Gasteiger partial charge in [0.2, 0.25) is 0 Å². The van der Waals surface area contributed by atoms with E-state index >= 15 is 0 Å². The maximum Gasteiger partial charge on any atom is 0.416 e. The van der Waals surface area contributed by atoms with Gasteiger partial charge < -0.3 is 9.47 Å². The molecular weight excluding hydrogens is 536 g/mol. The number of halogens is 6. The zero-order valence-corrected chi connectivity index (χ0v) is 22.7. The first kappa shape index (κ1) is 28.8. The SMILES string of the molecule is COC(=O)C(C)C(c1ccc2c(c1)OC1(CC2)CC(N(C)Cc2cc(C(F)(F)F)ccc2C(F)(F)F)C1)C1CC1. The molecule has 0 aromatic heterocycles. The van der Waals surface area contributed by atoms with Crippen LogP contribution in [0.4, 0.5) is 26.3 Å². The number of hydrogen-bond donors (Lipinski definition) is 0. The summed E-state index contributed by atoms with van der Waals surface area (Å²) in [5, 5.41) is 0. The van der Waals surface area contributed by atoms with Crippen molar-refractivity contribution in [3.05, 3.63) is 64.2 Å². The number of carbonyl (C=O) groups is 1. The van der Waals surface area contributed by atoms with Crippen LogP contribution in [0.2, 0.25) is 0 Å². The second kappa shape index (κ2) is 10.3. The zero-order chi connectivity index (χ0) is 29.0. The van der Waals surface area contributed by atoms with Gasteiger partial charge in [-0.05, 0) is 85.5 Å². The van der Waals surface area contributed by atoms with Crippen LogP contribution in [0, 0.1) is 11.8 Å². The summed E-state index contributed by atoms with van der Waals surface area (Å²) in [5.41, 5.74) is -0.894. The molecule has 1 heterocycles. The van der Waals surface area contributed by atoms with Crippen LogP contribution in [0.3, 0.4) is 0 Å². The Labute approximate surface area is 229 Å². The number of rotatable bonds is 7. The predicted octanol–water partition coefficient (Wildman–Crippen LogP) is 7.39. The Hall–Kier alpha value is -2.75. The van der Waals surface area contributed by atoms with Crippen molar-refractivity contribution in [2.45, 2.75) is 81.9 Å². The minimum absolute atomic E-state index is 0.0368. The van der Waals surface area contributed by atoms with Crippen molar-refractivity contribution in [1.29, 1.82) is 0 Å². The van der Waals surface area contributed by atoms with Gasteiger partial charge in [-0.25, -0.2) is 0 Å². The summed E-state index contributed by atoms with van der Waals surface area (Å²) in [6.45, 7) is 1.63. The van der Waals surface area contributed by atoms with Gasteiger partial charge in [-0.3, -0.25) is 9.69 Å². The van der Waals surface area contributed by atoms with Crippen LogP contribution in [0.1, 0.15) is 72.8 Å². The number of alkyl halides is 6. The van der Waals surface area contributed by atoms with Crippen LogP contribution in [0.25, 0.3) is 0 Å². The van der Waals surface area contributed by atoms with Crippen LogP contribution in [-0.2, 0) is 34.8 Å². The molecule has 3 aliphatic rings. The Balaban J connectivity index is 1.29. The zero-order valence-electron chi connectivity index (χ0n) is 22.7. The summed E-state index contributed by atoms with van der Waals surface area (Å²) < 4.78 is 91.9. The molecule has 0 N–H and O–H groups in total. The summed E-state index contributed by atoms with van der Waals surface area (Å²) in [6, 6.07) is 7.61. The van der Waals surface area contributed by atoms with Gasteiger partial charge in [0, 0.05) is 25.4 Å². The van der Waals surface area contributed by atoms with Crippen LogP contribution in [-0.4, -0.2) is 36.7 Å². The summed E-state index contributed by atoms with van der Waals surface area (Å²) in [7, 11) is 3.03. The molecule has 0 bridgehead atoms. The minimum Gasteiger partial charge on any atom is -0.487 e. The van der Waals surface area contributed by atoms with Gasteiger partial charge in [0.15, 0.2) is 0 Å². The number of carbonyl (C=O) groups excluding carboxylic acids is 1. The quantitative estimate of drug-likeness (QED) is 0.258. The molecule has 2 fully saturated rings. The molecule has 1 spiro atoms. The molecule has 40 heavy (non-hydrogen) atoms. The number of benzene rings is 2. The smallest absolute Gasteiger partial charge is 0.416 e. The van der Waals surface area contributed by atoms with Crippen LogP contribution < -0.4 is 4.74 Å². The Kier molecular flexibility index (Phi) is 7.38. The van der Waals surface area contributed by atoms with E-state index in [9.17, 15) is 31.1 Å². The summed E-state index contributed by atoms with van der Waals surface area (Å²) in [4.78, 5) is 14.0. The van der Waals surface area contributed by atoms with Crippen LogP contribution >= 0.6 is 0 Å². The Bertz CT molecular complexity index is 1260. The van der Waals surface area contributed by atoms with Crippen molar-refractivity contribution >= 4 is 5.97 Å². The molecule has 2 atom stereocenters. The molecule has 218 valence electrons. The molecular formula is C30H33F6NO3. The second-order valence-corrected chi connectivity index (χ2v) is 11.7. The van der Waals surface area contributed by atoms with E-state index in [1.807, 2.05) is 19.1 Å². The molecule has 4 nitrogen and oxygen atoms in total. The van der Waals surface area contributed by atoms with Crippen LogP contribution in [0.15, 0.2) is 36.4 Å². The number of esters is 1. The van der Waals surface area contributed by atoms with Crippen molar-refractivity contribution in [3.63, 3.8) is 0 Å². The standard InChI is InChI=1S/C30H33F6NO3/c1-17(27(38)39-3)26(19-5-6-19)20-7-4-18-10-11-28(40-25(18)13-20)14-23(15-28)37(2)16-21-12-22(29(31,32)33)8-9-24(21)30(34,35)36/h4,7-9,12-13,17,19,23,26H,5-6,10-11,14-16H2,1-3H3. The van der Waals surface area contributed by atoms with Crippen molar-refractivity contribution in [3.8, 4) is 5.75 Å². The monoisotopic (exact) mass is 569 g/mol. The van der Waals surface area contributed by atoms with E-state index in [0.29, 0.717) is 37.0 Å². The highest BCUT2D eigenvalue weighted by molar-refractivity contribution is 5.73. The fraction of sp³-hybridized carbons (Fsp3) is 0.567. The summed E-state index contributed by atoms with van der Waals surface area (Å²) in [5.74, 6) is 0.696. The van der Waals surface area contributed by atoms with E-state index in [0.717, 1.165) is 42.6 Å². The second-order valence-electron chi connectivity index (χ2n) is 11.7. The largest absolute Gasteiger partial charge is 0.487 e. The third-order valence-corrected chi connectivity index (χ3v) is 8.89. The van der Waals surface area contributed by atoms with E-state index in [2.05, 4.69) is 6.07 Å². The third kappa shape index (κ3) is 5.69. The molecule has 10 heteroatoms. The van der Waals surface area contributed by atoms with Gasteiger partial charge in [-0.2, -0.15) is 26.3 Å². The molecule has 2 unspecified atom stereocenters. The number of ether oxygens (including phenoxy) is 2. The highest BCUT2D eigenvalue weighted by Crippen LogP contribution is 2.51. The van der Waals surface area contributed by atoms with Crippen molar-refractivity contribution < 1.29 is 40.6 Å². The van der Waals surface area contributed by atoms with E-state index in [4.69, 9.17) is 9.47 Å². The number of hydrogen-bond acceptors (Lipinski definition) is 4. The molecule has 2 aliphatic carbocycles. The van der Waals surface area contributed by atoms with Gasteiger partial charge in [-0.15, -0.1) is 0 Å². The van der Waals surface area contributed by atoms with Gasteiger partial charge in [0.25, 0.3) is 0 Å². The lowest BCUT2D eigenvalue weighted by Gasteiger charge is -2.52. The molecule has 0 radical (unpaired) electrons. The average Bonchev–Trinajstić information content (AvgIpc) is 3.70. The fourth-order valence-electron chi connectivity index (χ4n) is 6.46. The first-order valence-electron chi connectivity index (χ1n) is 13.6. The highest BCUT2D eigenvalue weighted by atomic mass is 19.4. The fourth-order valence-corrected chi connectivity index (χ4v) is 6.46. The number of methoxy groups -OCH3 is 1. The molecule has 2 aromatic carbocycles. The maximum absolute atomic E-state index is 13.6. The van der Waals surface area contributed by atoms with Gasteiger partial charge in [0.1, 0.15) is 11.4 Å². The number of aryl methyl sites for hydroxylation is 1. The average molecular weight is 570 g/mol. The molecule has 1 aliphatic heterocycles. The third-order valence-electron chi connectivity index (χ3n) is 8.89. The minimum atomic E-state index is -4.75. The number of nitrogens with zero attached hydrogens (tertiary/aromatic N) is 1. The van der Waals surface area contributed by atoms with Gasteiger partial charge >= 0.3 is 18.3 Å². The van der Waals surface area contributed by atoms with Crippen LogP contribution in [0.5, 0.6) is 5.75 Å². The Morgan fingerprint density at radius 3 is 2.38 bits per heavy atom. The maximum atomic E-state index is 13.6. The molecule has 2 aromatic rings. The van der Waals surface area contributed by atoms with E-state index in [1.165, 1.54) is 7.11 Å². The summed E-state index contributed by atoms with van der Waals surface area (Å²) >= 11 is 0. The lowest BCUT2D eigenvalue weighted by atomic mass is 9.70. The topological polar surface area (TPSA) is 38.8 Å². The van der Waals surface area contributed by atoms with Crippen molar-refractivity contribution in [2.24, 2.45) is 11.8 Å². The first-order chi connectivity index (χ1) is 18.7. The normalized spacial score (nSPS) is 24.2. The van der Waals surface area contributed by atoms with E-state index in [-0.39, 0.29) is 30.4 Å². The van der Waals surface area contributed by atoms with Gasteiger partial charge in [-0.1, -0.05) is 19.1 Å². The molecule has 5 rings (SSSR count). The highest BCUT2D eigenvalue weighted by Gasteiger charge is 2.50. The van der Waals surface area contributed by atoms with E-state index < -0.39 is 34.6 Å². The lowest BCUT2D eigenvalue weighted by Crippen LogP contribution is -2.58. The number of fused-ring (bicyclic) bond motifs is 1. The molecule has 2 saturated carbocycles. The summed E-state index contributed by atoms with van der Waals surface area (Å²) in [6.07, 6.45) is -4.68. The predicted molar refractivity (Wildman–Crippen MR) is 136 cm³/mol. The lowest BCUT2D eigenvalue weighted by molar-refractivity contribution is -0.146. The van der Waals surface area contributed by atoms with E-state index in [1.54, 1.807) is 11.9 Å².